The Morgan fingerprint density at radius 3 is 2.58 bits per heavy atom. The molecular formula is C14H20N2O3. The molecule has 1 N–H and O–H groups in total. The number of hydrogen-bond donors (Lipinski definition) is 1. The zero-order chi connectivity index (χ0) is 13.1. The normalized spacial score (nSPS) is 18.8. The van der Waals surface area contributed by atoms with Crippen molar-refractivity contribution in [1.82, 2.24) is 10.2 Å². The molecular weight excluding hydrogens is 244 g/mol. The van der Waals surface area contributed by atoms with Crippen LogP contribution in [0.25, 0.3) is 0 Å². The summed E-state index contributed by atoms with van der Waals surface area (Å²) in [5.41, 5.74) is 2.26. The molecule has 2 aliphatic rings. The van der Waals surface area contributed by atoms with Crippen LogP contribution >= 0.6 is 0 Å². The van der Waals surface area contributed by atoms with E-state index in [2.05, 4.69) is 22.3 Å². The molecule has 5 heteroatoms. The number of benzene rings is 1. The SMILES string of the molecule is COCc1ccc(CN2CCNCC2)c2c1OCO2. The monoisotopic (exact) mass is 264 g/mol. The van der Waals surface area contributed by atoms with Crippen LogP contribution in [0.1, 0.15) is 11.1 Å². The van der Waals surface area contributed by atoms with Crippen molar-refractivity contribution < 1.29 is 14.2 Å². The summed E-state index contributed by atoms with van der Waals surface area (Å²) in [5, 5.41) is 3.36. The number of hydrogen-bond acceptors (Lipinski definition) is 5. The quantitative estimate of drug-likeness (QED) is 0.877. The maximum atomic E-state index is 5.64. The maximum Gasteiger partial charge on any atom is 0.231 e. The fourth-order valence-electron chi connectivity index (χ4n) is 2.61. The molecule has 1 aromatic carbocycles. The minimum atomic E-state index is 0.310. The summed E-state index contributed by atoms with van der Waals surface area (Å²) in [6, 6.07) is 4.21. The molecule has 0 amide bonds. The minimum absolute atomic E-state index is 0.310. The molecule has 5 nitrogen and oxygen atoms in total. The molecule has 0 aromatic heterocycles. The van der Waals surface area contributed by atoms with E-state index in [-0.39, 0.29) is 0 Å². The van der Waals surface area contributed by atoms with Crippen LogP contribution in [0.3, 0.4) is 0 Å². The second-order valence-corrected chi connectivity index (χ2v) is 4.91. The van der Waals surface area contributed by atoms with E-state index in [1.807, 2.05) is 0 Å². The predicted molar refractivity (Wildman–Crippen MR) is 71.4 cm³/mol. The highest BCUT2D eigenvalue weighted by atomic mass is 16.7. The van der Waals surface area contributed by atoms with Crippen molar-refractivity contribution >= 4 is 0 Å². The van der Waals surface area contributed by atoms with Crippen molar-refractivity contribution in [3.8, 4) is 11.5 Å². The molecule has 19 heavy (non-hydrogen) atoms. The summed E-state index contributed by atoms with van der Waals surface area (Å²) in [6.45, 7) is 6.05. The van der Waals surface area contributed by atoms with Crippen molar-refractivity contribution in [3.63, 3.8) is 0 Å². The first-order valence-corrected chi connectivity index (χ1v) is 6.71. The van der Waals surface area contributed by atoms with Gasteiger partial charge in [0.05, 0.1) is 6.61 Å². The molecule has 0 spiro atoms. The number of piperazine rings is 1. The summed E-state index contributed by atoms with van der Waals surface area (Å²) in [4.78, 5) is 2.43. The van der Waals surface area contributed by atoms with Gasteiger partial charge < -0.3 is 19.5 Å². The lowest BCUT2D eigenvalue weighted by Crippen LogP contribution is -2.42. The number of ether oxygens (including phenoxy) is 3. The third-order valence-corrected chi connectivity index (χ3v) is 3.59. The maximum absolute atomic E-state index is 5.64. The number of rotatable bonds is 4. The molecule has 0 saturated carbocycles. The Balaban J connectivity index is 1.80. The van der Waals surface area contributed by atoms with Crippen molar-refractivity contribution in [2.45, 2.75) is 13.2 Å². The average Bonchev–Trinajstić information content (AvgIpc) is 2.93. The Hall–Kier alpha value is -1.30. The third-order valence-electron chi connectivity index (χ3n) is 3.59. The van der Waals surface area contributed by atoms with Crippen molar-refractivity contribution in [2.24, 2.45) is 0 Å². The van der Waals surface area contributed by atoms with Crippen LogP contribution in [0.4, 0.5) is 0 Å². The lowest BCUT2D eigenvalue weighted by atomic mass is 10.1. The topological polar surface area (TPSA) is 43.0 Å². The van der Waals surface area contributed by atoms with Crippen LogP contribution in [0, 0.1) is 0 Å². The lowest BCUT2D eigenvalue weighted by Gasteiger charge is -2.27. The highest BCUT2D eigenvalue weighted by Crippen LogP contribution is 2.39. The van der Waals surface area contributed by atoms with Gasteiger partial charge in [-0.15, -0.1) is 0 Å². The van der Waals surface area contributed by atoms with Crippen LogP contribution in [-0.2, 0) is 17.9 Å². The Morgan fingerprint density at radius 1 is 1.16 bits per heavy atom. The molecule has 0 bridgehead atoms. The summed E-state index contributed by atoms with van der Waals surface area (Å²) >= 11 is 0. The Labute approximate surface area is 113 Å². The summed E-state index contributed by atoms with van der Waals surface area (Å²) < 4.78 is 16.4. The van der Waals surface area contributed by atoms with Crippen molar-refractivity contribution in [2.75, 3.05) is 40.1 Å². The van der Waals surface area contributed by atoms with Crippen molar-refractivity contribution in [1.29, 1.82) is 0 Å². The number of methoxy groups -OCH3 is 1. The summed E-state index contributed by atoms with van der Waals surface area (Å²) in [6.07, 6.45) is 0. The molecule has 104 valence electrons. The van der Waals surface area contributed by atoms with Gasteiger partial charge in [-0.3, -0.25) is 4.90 Å². The van der Waals surface area contributed by atoms with Gasteiger partial charge >= 0.3 is 0 Å². The van der Waals surface area contributed by atoms with Crippen LogP contribution in [0.2, 0.25) is 0 Å². The first-order chi connectivity index (χ1) is 9.38. The zero-order valence-corrected chi connectivity index (χ0v) is 11.3. The van der Waals surface area contributed by atoms with Gasteiger partial charge in [-0.25, -0.2) is 0 Å². The Bertz CT molecular complexity index is 445. The van der Waals surface area contributed by atoms with Gasteiger partial charge in [0.25, 0.3) is 0 Å². The minimum Gasteiger partial charge on any atom is -0.453 e. The molecule has 0 radical (unpaired) electrons. The molecule has 0 atom stereocenters. The Morgan fingerprint density at radius 2 is 1.84 bits per heavy atom. The first-order valence-electron chi connectivity index (χ1n) is 6.71. The molecule has 2 heterocycles. The van der Waals surface area contributed by atoms with Gasteiger partial charge in [0, 0.05) is 51.0 Å². The van der Waals surface area contributed by atoms with Gasteiger partial charge in [-0.05, 0) is 0 Å². The largest absolute Gasteiger partial charge is 0.453 e. The fourth-order valence-corrected chi connectivity index (χ4v) is 2.61. The number of fused-ring (bicyclic) bond motifs is 1. The highest BCUT2D eigenvalue weighted by Gasteiger charge is 2.23. The molecule has 1 aromatic rings. The summed E-state index contributed by atoms with van der Waals surface area (Å²) in [5.74, 6) is 1.75. The van der Waals surface area contributed by atoms with Gasteiger partial charge in [-0.2, -0.15) is 0 Å². The number of nitrogens with one attached hydrogen (secondary N) is 1. The molecule has 1 fully saturated rings. The van der Waals surface area contributed by atoms with Crippen molar-refractivity contribution in [3.05, 3.63) is 23.3 Å². The Kier molecular flexibility index (Phi) is 3.87. The lowest BCUT2D eigenvalue weighted by molar-refractivity contribution is 0.161. The number of nitrogens with zero attached hydrogens (tertiary/aromatic N) is 1. The van der Waals surface area contributed by atoms with Crippen LogP contribution in [0.15, 0.2) is 12.1 Å². The fraction of sp³-hybridized carbons (Fsp3) is 0.571. The molecule has 0 unspecified atom stereocenters. The van der Waals surface area contributed by atoms with Gasteiger partial charge in [0.2, 0.25) is 6.79 Å². The van der Waals surface area contributed by atoms with E-state index < -0.39 is 0 Å². The second kappa shape index (κ2) is 5.77. The second-order valence-electron chi connectivity index (χ2n) is 4.91. The standard InChI is InChI=1S/C14H20N2O3/c1-17-9-12-3-2-11(13-14(12)19-10-18-13)8-16-6-4-15-5-7-16/h2-3,15H,4-10H2,1H3. The van der Waals surface area contributed by atoms with Crippen LogP contribution < -0.4 is 14.8 Å². The smallest absolute Gasteiger partial charge is 0.231 e. The van der Waals surface area contributed by atoms with E-state index >= 15 is 0 Å². The third kappa shape index (κ3) is 2.68. The van der Waals surface area contributed by atoms with Gasteiger partial charge in [0.1, 0.15) is 0 Å². The average molecular weight is 264 g/mol. The molecule has 3 rings (SSSR count). The predicted octanol–water partition coefficient (Wildman–Crippen LogP) is 0.967. The van der Waals surface area contributed by atoms with E-state index in [1.54, 1.807) is 7.11 Å². The van der Waals surface area contributed by atoms with E-state index in [0.717, 1.165) is 49.8 Å². The van der Waals surface area contributed by atoms with E-state index in [9.17, 15) is 0 Å². The van der Waals surface area contributed by atoms with Gasteiger partial charge in [0.15, 0.2) is 11.5 Å². The highest BCUT2D eigenvalue weighted by molar-refractivity contribution is 5.53. The van der Waals surface area contributed by atoms with Crippen LogP contribution in [-0.4, -0.2) is 45.0 Å². The summed E-state index contributed by atoms with van der Waals surface area (Å²) in [7, 11) is 1.69. The first kappa shape index (κ1) is 12.7. The zero-order valence-electron chi connectivity index (χ0n) is 11.3. The van der Waals surface area contributed by atoms with Crippen LogP contribution in [0.5, 0.6) is 11.5 Å². The van der Waals surface area contributed by atoms with E-state index in [0.29, 0.717) is 13.4 Å². The van der Waals surface area contributed by atoms with E-state index in [1.165, 1.54) is 5.56 Å². The molecule has 1 saturated heterocycles. The molecule has 2 aliphatic heterocycles. The van der Waals surface area contributed by atoms with Gasteiger partial charge in [-0.1, -0.05) is 12.1 Å². The molecule has 0 aliphatic carbocycles. The van der Waals surface area contributed by atoms with E-state index in [4.69, 9.17) is 14.2 Å².